The van der Waals surface area contributed by atoms with E-state index < -0.39 is 5.82 Å². The standard InChI is InChI=1S/C15H15FN2O2/c1-2-20-14-6-4-3-5-11(14)15(19)18-10-7-8-13(17)12(16)9-10/h3-9H,2,17H2,1H3,(H,18,19). The summed E-state index contributed by atoms with van der Waals surface area (Å²) in [5, 5.41) is 2.61. The van der Waals surface area contributed by atoms with Crippen LogP contribution in [-0.2, 0) is 0 Å². The Kier molecular flexibility index (Phi) is 4.20. The van der Waals surface area contributed by atoms with Gasteiger partial charge in [-0.1, -0.05) is 12.1 Å². The Morgan fingerprint density at radius 1 is 1.30 bits per heavy atom. The van der Waals surface area contributed by atoms with E-state index in [4.69, 9.17) is 10.5 Å². The summed E-state index contributed by atoms with van der Waals surface area (Å²) >= 11 is 0. The average molecular weight is 274 g/mol. The van der Waals surface area contributed by atoms with E-state index in [0.29, 0.717) is 23.6 Å². The zero-order valence-corrected chi connectivity index (χ0v) is 11.0. The second-order valence-corrected chi connectivity index (χ2v) is 4.12. The first-order chi connectivity index (χ1) is 9.61. The van der Waals surface area contributed by atoms with Crippen molar-refractivity contribution in [3.63, 3.8) is 0 Å². The summed E-state index contributed by atoms with van der Waals surface area (Å²) in [6, 6.07) is 11.0. The van der Waals surface area contributed by atoms with Crippen molar-refractivity contribution < 1.29 is 13.9 Å². The van der Waals surface area contributed by atoms with Crippen LogP contribution in [0.3, 0.4) is 0 Å². The van der Waals surface area contributed by atoms with E-state index in [-0.39, 0.29) is 11.6 Å². The minimum absolute atomic E-state index is 0.0396. The fourth-order valence-corrected chi connectivity index (χ4v) is 1.74. The maximum atomic E-state index is 13.3. The summed E-state index contributed by atoms with van der Waals surface area (Å²) < 4.78 is 18.7. The van der Waals surface area contributed by atoms with Gasteiger partial charge in [0, 0.05) is 5.69 Å². The van der Waals surface area contributed by atoms with Crippen LogP contribution >= 0.6 is 0 Å². The highest BCUT2D eigenvalue weighted by molar-refractivity contribution is 6.06. The average Bonchev–Trinajstić information content (AvgIpc) is 2.44. The molecule has 2 aromatic carbocycles. The maximum absolute atomic E-state index is 13.3. The molecule has 1 amide bonds. The van der Waals surface area contributed by atoms with Gasteiger partial charge in [-0.3, -0.25) is 4.79 Å². The lowest BCUT2D eigenvalue weighted by Crippen LogP contribution is -2.14. The topological polar surface area (TPSA) is 64.3 Å². The van der Waals surface area contributed by atoms with Gasteiger partial charge in [0.25, 0.3) is 5.91 Å². The molecule has 2 aromatic rings. The van der Waals surface area contributed by atoms with Crippen LogP contribution in [0.25, 0.3) is 0 Å². The molecule has 0 radical (unpaired) electrons. The Morgan fingerprint density at radius 3 is 2.75 bits per heavy atom. The molecule has 0 unspecified atom stereocenters. The van der Waals surface area contributed by atoms with E-state index in [0.717, 1.165) is 0 Å². The van der Waals surface area contributed by atoms with Gasteiger partial charge < -0.3 is 15.8 Å². The fraction of sp³-hybridized carbons (Fsp3) is 0.133. The molecule has 20 heavy (non-hydrogen) atoms. The first-order valence-corrected chi connectivity index (χ1v) is 6.20. The number of hydrogen-bond donors (Lipinski definition) is 2. The van der Waals surface area contributed by atoms with Crippen LogP contribution < -0.4 is 15.8 Å². The van der Waals surface area contributed by atoms with E-state index in [1.54, 1.807) is 30.3 Å². The number of para-hydroxylation sites is 1. The molecule has 0 bridgehead atoms. The van der Waals surface area contributed by atoms with Crippen LogP contribution in [0.5, 0.6) is 5.75 Å². The Labute approximate surface area is 116 Å². The molecular formula is C15H15FN2O2. The molecule has 0 aromatic heterocycles. The molecule has 0 saturated heterocycles. The van der Waals surface area contributed by atoms with Crippen LogP contribution in [0.15, 0.2) is 42.5 Å². The maximum Gasteiger partial charge on any atom is 0.259 e. The summed E-state index contributed by atoms with van der Waals surface area (Å²) in [5.74, 6) is -0.442. The fourth-order valence-electron chi connectivity index (χ4n) is 1.74. The van der Waals surface area contributed by atoms with Gasteiger partial charge in [0.05, 0.1) is 17.9 Å². The first-order valence-electron chi connectivity index (χ1n) is 6.20. The minimum Gasteiger partial charge on any atom is -0.493 e. The number of amides is 1. The lowest BCUT2D eigenvalue weighted by Gasteiger charge is -2.10. The highest BCUT2D eigenvalue weighted by Gasteiger charge is 2.12. The number of nitrogen functional groups attached to an aromatic ring is 1. The van der Waals surface area contributed by atoms with Gasteiger partial charge in [-0.05, 0) is 37.3 Å². The van der Waals surface area contributed by atoms with Gasteiger partial charge in [0.15, 0.2) is 0 Å². The van der Waals surface area contributed by atoms with Gasteiger partial charge in [0.2, 0.25) is 0 Å². The number of halogens is 1. The molecule has 104 valence electrons. The second kappa shape index (κ2) is 6.06. The largest absolute Gasteiger partial charge is 0.493 e. The van der Waals surface area contributed by atoms with Crippen LogP contribution in [0, 0.1) is 5.82 Å². The Bertz CT molecular complexity index is 629. The molecule has 0 aliphatic rings. The van der Waals surface area contributed by atoms with E-state index in [2.05, 4.69) is 5.32 Å². The van der Waals surface area contributed by atoms with Gasteiger partial charge in [-0.25, -0.2) is 4.39 Å². The van der Waals surface area contributed by atoms with Gasteiger partial charge in [-0.15, -0.1) is 0 Å². The van der Waals surface area contributed by atoms with Crippen molar-refractivity contribution in [3.8, 4) is 5.75 Å². The van der Waals surface area contributed by atoms with Crippen molar-refractivity contribution in [3.05, 3.63) is 53.8 Å². The Balaban J connectivity index is 2.21. The van der Waals surface area contributed by atoms with E-state index in [1.807, 2.05) is 6.92 Å². The SMILES string of the molecule is CCOc1ccccc1C(=O)Nc1ccc(N)c(F)c1. The van der Waals surface area contributed by atoms with Crippen molar-refractivity contribution >= 4 is 17.3 Å². The summed E-state index contributed by atoms with van der Waals surface area (Å²) in [4.78, 5) is 12.2. The number of carbonyl (C=O) groups is 1. The smallest absolute Gasteiger partial charge is 0.259 e. The van der Waals surface area contributed by atoms with Gasteiger partial charge in [0.1, 0.15) is 11.6 Å². The molecule has 2 rings (SSSR count). The number of carbonyl (C=O) groups excluding carboxylic acids is 1. The van der Waals surface area contributed by atoms with E-state index in [1.165, 1.54) is 12.1 Å². The van der Waals surface area contributed by atoms with Crippen LogP contribution in [0.4, 0.5) is 15.8 Å². The summed E-state index contributed by atoms with van der Waals surface area (Å²) in [7, 11) is 0. The summed E-state index contributed by atoms with van der Waals surface area (Å²) in [6.07, 6.45) is 0. The van der Waals surface area contributed by atoms with Crippen molar-refractivity contribution in [1.82, 2.24) is 0 Å². The van der Waals surface area contributed by atoms with Gasteiger partial charge >= 0.3 is 0 Å². The molecule has 0 aliphatic carbocycles. The molecule has 3 N–H and O–H groups in total. The molecule has 0 atom stereocenters. The number of hydrogen-bond acceptors (Lipinski definition) is 3. The highest BCUT2D eigenvalue weighted by Crippen LogP contribution is 2.21. The van der Waals surface area contributed by atoms with Crippen molar-refractivity contribution in [2.45, 2.75) is 6.92 Å². The zero-order chi connectivity index (χ0) is 14.5. The summed E-state index contributed by atoms with van der Waals surface area (Å²) in [5.41, 5.74) is 6.16. The number of rotatable bonds is 4. The van der Waals surface area contributed by atoms with Crippen molar-refractivity contribution in [2.75, 3.05) is 17.7 Å². The Morgan fingerprint density at radius 2 is 2.05 bits per heavy atom. The van der Waals surface area contributed by atoms with Crippen molar-refractivity contribution in [2.24, 2.45) is 0 Å². The quantitative estimate of drug-likeness (QED) is 0.842. The number of nitrogens with one attached hydrogen (secondary N) is 1. The molecule has 0 aliphatic heterocycles. The number of ether oxygens (including phenoxy) is 1. The molecular weight excluding hydrogens is 259 g/mol. The molecule has 0 spiro atoms. The first kappa shape index (κ1) is 13.9. The molecule has 0 fully saturated rings. The number of anilines is 2. The van der Waals surface area contributed by atoms with Crippen LogP contribution in [0.2, 0.25) is 0 Å². The number of benzene rings is 2. The van der Waals surface area contributed by atoms with Crippen LogP contribution in [-0.4, -0.2) is 12.5 Å². The lowest BCUT2D eigenvalue weighted by molar-refractivity contribution is 0.102. The predicted molar refractivity (Wildman–Crippen MR) is 76.4 cm³/mol. The molecule has 4 nitrogen and oxygen atoms in total. The third-order valence-electron chi connectivity index (χ3n) is 2.69. The monoisotopic (exact) mass is 274 g/mol. The third-order valence-corrected chi connectivity index (χ3v) is 2.69. The lowest BCUT2D eigenvalue weighted by atomic mass is 10.2. The Hall–Kier alpha value is -2.56. The predicted octanol–water partition coefficient (Wildman–Crippen LogP) is 3.06. The second-order valence-electron chi connectivity index (χ2n) is 4.12. The number of nitrogens with two attached hydrogens (primary N) is 1. The highest BCUT2D eigenvalue weighted by atomic mass is 19.1. The third kappa shape index (κ3) is 3.06. The zero-order valence-electron chi connectivity index (χ0n) is 11.0. The minimum atomic E-state index is -0.569. The van der Waals surface area contributed by atoms with Crippen LogP contribution in [0.1, 0.15) is 17.3 Å². The van der Waals surface area contributed by atoms with Gasteiger partial charge in [-0.2, -0.15) is 0 Å². The molecule has 0 heterocycles. The summed E-state index contributed by atoms with van der Waals surface area (Å²) in [6.45, 7) is 2.30. The van der Waals surface area contributed by atoms with Crippen molar-refractivity contribution in [1.29, 1.82) is 0 Å². The normalized spacial score (nSPS) is 10.1. The van der Waals surface area contributed by atoms with E-state index in [9.17, 15) is 9.18 Å². The molecule has 5 heteroatoms. The molecule has 0 saturated carbocycles. The van der Waals surface area contributed by atoms with E-state index >= 15 is 0 Å².